The molecule has 1 saturated heterocycles. The molecule has 110 heavy (non-hydrogen) atoms. The molecule has 4 aromatic carbocycles. The molecule has 1 aromatic heterocycles. The van der Waals surface area contributed by atoms with Crippen molar-refractivity contribution in [1.82, 2.24) is 31.2 Å². The highest BCUT2D eigenvalue weighted by Crippen LogP contribution is 2.67. The largest absolute Gasteiger partial charge is 0.438 e. The topological polar surface area (TPSA) is 358 Å². The summed E-state index contributed by atoms with van der Waals surface area (Å²) >= 11 is 1.55. The molecule has 0 aliphatic carbocycles. The van der Waals surface area contributed by atoms with E-state index in [0.717, 1.165) is 56.1 Å². The molecule has 1 fully saturated rings. The molecule has 4 heterocycles. The van der Waals surface area contributed by atoms with Crippen LogP contribution < -0.4 is 31.9 Å². The summed E-state index contributed by atoms with van der Waals surface area (Å²) in [6.45, 7) is 18.6. The average molecular weight is 1570 g/mol. The number of nitrogens with zero attached hydrogens (tertiary/aromatic N) is 3. The maximum atomic E-state index is 16.3. The molecule has 7 N–H and O–H groups in total. The van der Waals surface area contributed by atoms with Crippen molar-refractivity contribution in [2.75, 3.05) is 64.7 Å². The number of amides is 7. The predicted molar refractivity (Wildman–Crippen MR) is 405 cm³/mol. The number of carbonyl (C=O) groups is 9. The zero-order valence-corrected chi connectivity index (χ0v) is 66.1. The first-order chi connectivity index (χ1) is 51.8. The number of hydrogen-bond donors (Lipinski definition) is 6. The highest BCUT2D eigenvalue weighted by molar-refractivity contribution is 7.54. The number of ether oxygens (including phenoxy) is 6. The Hall–Kier alpha value is -8.71. The summed E-state index contributed by atoms with van der Waals surface area (Å²) in [6, 6.07) is 20.5. The standard InChI is InChI=1S/C79H103F2N8O19PS/c1-48(54-24-27-58(28-25-54)79(80,81)109(100,107-46-105-74(98)77(7,8)9)108-47-106-75(99)78(10,11)12)38-65(92)85-61-29-26-55-14-13-15-57-39-63(89(67(55)57)72(61)96)71(95)86-60(30-31-64(82)91)50(3)104-43-53-18-16-51(17-19-53)32-33-101-34-35-102-36-37-103-44-66(93)87-69(76(4,5)6)73(97)88-42-59(90)40-62(88)70(94)83-41-52-20-22-56(23-21-52)68-49(2)84-45-110-68/h13-25,27-28,38,45,50,59-63,69,90H,26,29-37,39-44,46-47H2,1-12H3,(H2,82,91)(H,83,94)(H,85,92)(H,86,95)(H,87,93)/b48-38+/t50-,59-,60+,61+,62+,63+,69-/m1/s1. The quantitative estimate of drug-likeness (QED) is 0.00709. The van der Waals surface area contributed by atoms with Crippen LogP contribution in [0.1, 0.15) is 146 Å². The molecule has 31 heteroatoms. The van der Waals surface area contributed by atoms with E-state index in [1.807, 2.05) is 73.7 Å². The summed E-state index contributed by atoms with van der Waals surface area (Å²) in [5.41, 5.74) is 6.61. The average Bonchev–Trinajstić information content (AvgIpc) is 1.45. The number of likely N-dealkylation sites (tertiary alicyclic amines) is 1. The fraction of sp³-hybridized carbons (Fsp3) is 0.519. The monoisotopic (exact) mass is 1570 g/mol. The molecular weight excluding hydrogens is 1470 g/mol. The molecule has 3 aliphatic heterocycles. The van der Waals surface area contributed by atoms with Gasteiger partial charge in [0.2, 0.25) is 54.9 Å². The number of nitrogens with two attached hydrogens (primary N) is 1. The summed E-state index contributed by atoms with van der Waals surface area (Å²) in [4.78, 5) is 129. The van der Waals surface area contributed by atoms with Gasteiger partial charge in [-0.25, -0.2) is 4.98 Å². The number of anilines is 1. The number of aliphatic hydroxyl groups excluding tert-OH is 1. The number of β-amino-alcohol motifs (C(OH)–C–C–N with tert-alkyl or cyclic N) is 1. The zero-order chi connectivity index (χ0) is 80.5. The molecule has 598 valence electrons. The first-order valence-electron chi connectivity index (χ1n) is 36.6. The number of benzene rings is 4. The van der Waals surface area contributed by atoms with E-state index in [2.05, 4.69) is 26.3 Å². The summed E-state index contributed by atoms with van der Waals surface area (Å²) in [5.74, 6) is -5.46. The summed E-state index contributed by atoms with van der Waals surface area (Å²) in [5, 5.41) is 22.2. The summed E-state index contributed by atoms with van der Waals surface area (Å²) < 4.78 is 89.7. The predicted octanol–water partition coefficient (Wildman–Crippen LogP) is 9.04. The van der Waals surface area contributed by atoms with Crippen LogP contribution in [-0.4, -0.2) is 170 Å². The van der Waals surface area contributed by atoms with Gasteiger partial charge in [0.15, 0.2) is 0 Å². The van der Waals surface area contributed by atoms with E-state index in [-0.39, 0.29) is 89.4 Å². The summed E-state index contributed by atoms with van der Waals surface area (Å²) in [6.07, 6.45) is 1.00. The van der Waals surface area contributed by atoms with Crippen LogP contribution in [0.5, 0.6) is 0 Å². The van der Waals surface area contributed by atoms with Crippen LogP contribution in [0.25, 0.3) is 16.0 Å². The van der Waals surface area contributed by atoms with E-state index in [4.69, 9.17) is 43.2 Å². The van der Waals surface area contributed by atoms with Crippen molar-refractivity contribution in [2.45, 2.75) is 189 Å². The molecule has 0 radical (unpaired) electrons. The van der Waals surface area contributed by atoms with Gasteiger partial charge in [-0.1, -0.05) is 112 Å². The van der Waals surface area contributed by atoms with E-state index in [0.29, 0.717) is 31.7 Å². The Balaban J connectivity index is 0.760. The second-order valence-electron chi connectivity index (χ2n) is 30.7. The van der Waals surface area contributed by atoms with Crippen LogP contribution in [0.15, 0.2) is 103 Å². The number of esters is 2. The minimum absolute atomic E-state index is 0.0572. The Morgan fingerprint density at radius 2 is 1.36 bits per heavy atom. The Kier molecular flexibility index (Phi) is 30.4. The number of thiazole rings is 1. The first-order valence-corrected chi connectivity index (χ1v) is 39.0. The molecule has 0 bridgehead atoms. The lowest BCUT2D eigenvalue weighted by Gasteiger charge is -2.35. The van der Waals surface area contributed by atoms with Gasteiger partial charge in [0, 0.05) is 44.0 Å². The van der Waals surface area contributed by atoms with Gasteiger partial charge in [-0.05, 0) is 138 Å². The normalized spacial score (nSPS) is 17.7. The number of allylic oxidation sites excluding steroid dienone is 1. The number of aliphatic hydroxyl groups is 1. The van der Waals surface area contributed by atoms with Crippen LogP contribution >= 0.6 is 18.9 Å². The van der Waals surface area contributed by atoms with Crippen LogP contribution in [-0.2, 0) is 123 Å². The molecule has 27 nitrogen and oxygen atoms in total. The van der Waals surface area contributed by atoms with Crippen LogP contribution in [0.4, 0.5) is 14.5 Å². The first kappa shape index (κ1) is 86.9. The van der Waals surface area contributed by atoms with E-state index in [1.165, 1.54) is 76.5 Å². The van der Waals surface area contributed by atoms with E-state index < -0.39 is 144 Å². The number of aryl methyl sites for hydroxylation is 2. The number of hydrogen-bond acceptors (Lipinski definition) is 21. The SMILES string of the molecule is C/C(=C\C(=O)N[C@H]1CCc2cccc3c2N(C1=O)[C@H](C(=O)N[C@@H](CCC(N)=O)[C@@H](C)OCc1ccc(CCOCCOCCOCC(=O)N[C@H](C(=O)N2C[C@H](O)C[C@H]2C(=O)NCc2ccc(-c4scnc4C)cc2)C(C)(C)C)cc1)C3)c1ccc(C(F)(F)P(=O)(OCOC(=O)C(C)(C)C)OCOC(=O)C(C)(C)C)cc1. The second kappa shape index (κ2) is 38.5. The number of aromatic nitrogens is 1. The highest BCUT2D eigenvalue weighted by atomic mass is 32.1. The molecule has 5 aromatic rings. The lowest BCUT2D eigenvalue weighted by molar-refractivity contribution is -0.163. The molecule has 0 unspecified atom stereocenters. The van der Waals surface area contributed by atoms with Gasteiger partial charge in [0.05, 0.1) is 90.5 Å². The van der Waals surface area contributed by atoms with Gasteiger partial charge in [-0.15, -0.1) is 11.3 Å². The van der Waals surface area contributed by atoms with E-state index in [1.54, 1.807) is 44.5 Å². The fourth-order valence-corrected chi connectivity index (χ4v) is 14.5. The number of alkyl halides is 2. The maximum Gasteiger partial charge on any atom is 0.410 e. The minimum Gasteiger partial charge on any atom is -0.438 e. The molecule has 8 rings (SSSR count). The van der Waals surface area contributed by atoms with E-state index in [9.17, 15) is 52.8 Å². The van der Waals surface area contributed by atoms with Crippen LogP contribution in [0.2, 0.25) is 0 Å². The molecule has 7 atom stereocenters. The van der Waals surface area contributed by atoms with Gasteiger partial charge in [-0.3, -0.25) is 61.7 Å². The number of halogens is 2. The van der Waals surface area contributed by atoms with Crippen LogP contribution in [0, 0.1) is 23.2 Å². The van der Waals surface area contributed by atoms with Crippen molar-refractivity contribution in [2.24, 2.45) is 22.0 Å². The van der Waals surface area contributed by atoms with Crippen molar-refractivity contribution in [3.05, 3.63) is 147 Å². The molecule has 0 spiro atoms. The highest BCUT2D eigenvalue weighted by Gasteiger charge is 2.56. The van der Waals surface area contributed by atoms with Crippen LogP contribution in [0.3, 0.4) is 0 Å². The third kappa shape index (κ3) is 23.7. The van der Waals surface area contributed by atoms with Gasteiger partial charge in [0.1, 0.15) is 30.8 Å². The lowest BCUT2D eigenvalue weighted by Crippen LogP contribution is -2.58. The molecule has 0 saturated carbocycles. The number of primary amides is 1. The van der Waals surface area contributed by atoms with E-state index >= 15 is 8.78 Å². The molecular formula is C79H103F2N8O19PS. The van der Waals surface area contributed by atoms with Gasteiger partial charge in [-0.2, -0.15) is 8.78 Å². The van der Waals surface area contributed by atoms with Gasteiger partial charge in [0.25, 0.3) is 0 Å². The van der Waals surface area contributed by atoms with Crippen molar-refractivity contribution >= 4 is 83.5 Å². The number of nitrogens with one attached hydrogen (secondary N) is 4. The Morgan fingerprint density at radius 3 is 1.96 bits per heavy atom. The third-order valence-corrected chi connectivity index (χ3v) is 21.6. The zero-order valence-electron chi connectivity index (χ0n) is 64.4. The third-order valence-electron chi connectivity index (χ3n) is 18.8. The number of para-hydroxylation sites is 1. The maximum absolute atomic E-state index is 16.3. The van der Waals surface area contributed by atoms with Crippen molar-refractivity contribution in [1.29, 1.82) is 0 Å². The second-order valence-corrected chi connectivity index (χ2v) is 33.6. The van der Waals surface area contributed by atoms with Crippen molar-refractivity contribution < 1.29 is 99.1 Å². The Labute approximate surface area is 644 Å². The Bertz CT molecular complexity index is 4100. The van der Waals surface area contributed by atoms with Gasteiger partial charge < -0.3 is 65.4 Å². The lowest BCUT2D eigenvalue weighted by atomic mass is 9.85. The number of rotatable bonds is 37. The smallest absolute Gasteiger partial charge is 0.410 e. The summed E-state index contributed by atoms with van der Waals surface area (Å²) in [7, 11) is -5.62. The van der Waals surface area contributed by atoms with Crippen molar-refractivity contribution in [3.8, 4) is 10.4 Å². The molecule has 7 amide bonds. The number of carbonyl (C=O) groups excluding carboxylic acids is 9. The van der Waals surface area contributed by atoms with Gasteiger partial charge >= 0.3 is 25.2 Å². The molecule has 3 aliphatic rings. The fourth-order valence-electron chi connectivity index (χ4n) is 12.4. The Morgan fingerprint density at radius 1 is 0.764 bits per heavy atom. The van der Waals surface area contributed by atoms with Crippen molar-refractivity contribution in [3.63, 3.8) is 0 Å². The minimum atomic E-state index is -5.62.